The first kappa shape index (κ1) is 28.0. The molecule has 0 N–H and O–H groups in total. The highest BCUT2D eigenvalue weighted by Gasteiger charge is 2.25. The summed E-state index contributed by atoms with van der Waals surface area (Å²) in [7, 11) is 1.81. The lowest BCUT2D eigenvalue weighted by Gasteiger charge is -2.37. The third-order valence-electron chi connectivity index (χ3n) is 8.01. The van der Waals surface area contributed by atoms with Gasteiger partial charge in [-0.1, -0.05) is 22.9 Å². The minimum Gasteiger partial charge on any atom is -0.491 e. The zero-order valence-corrected chi connectivity index (χ0v) is 23.8. The molecular weight excluding hydrogens is 488 g/mol. The lowest BCUT2D eigenvalue weighted by atomic mass is 9.82. The molecule has 34 heavy (non-hydrogen) atoms. The summed E-state index contributed by atoms with van der Waals surface area (Å²) in [6.07, 6.45) is 12.4. The van der Waals surface area contributed by atoms with Gasteiger partial charge in [0.2, 0.25) is 0 Å². The molecule has 2 fully saturated rings. The van der Waals surface area contributed by atoms with E-state index in [-0.39, 0.29) is 6.10 Å². The van der Waals surface area contributed by atoms with Gasteiger partial charge in [0.05, 0.1) is 12.7 Å². The maximum Gasteiger partial charge on any atom is 0.120 e. The van der Waals surface area contributed by atoms with Crippen LogP contribution in [-0.2, 0) is 11.2 Å². The van der Waals surface area contributed by atoms with Gasteiger partial charge in [-0.3, -0.25) is 4.90 Å². The molecule has 0 spiro atoms. The Bertz CT molecular complexity index is 697. The fraction of sp³-hybridized carbons (Fsp3) is 0.793. The fourth-order valence-corrected chi connectivity index (χ4v) is 6.40. The summed E-state index contributed by atoms with van der Waals surface area (Å²) in [6, 6.07) is 7.25. The number of hydrogen-bond donors (Lipinski definition) is 0. The highest BCUT2D eigenvalue weighted by molar-refractivity contribution is 9.10. The molecule has 0 aromatic heterocycles. The van der Waals surface area contributed by atoms with Crippen molar-refractivity contribution in [3.05, 3.63) is 28.2 Å². The zero-order chi connectivity index (χ0) is 24.3. The van der Waals surface area contributed by atoms with Crippen LogP contribution in [0.2, 0.25) is 0 Å². The molecule has 1 saturated carbocycles. The normalized spacial score (nSPS) is 22.6. The van der Waals surface area contributed by atoms with E-state index < -0.39 is 0 Å². The zero-order valence-electron chi connectivity index (χ0n) is 22.2. The Morgan fingerprint density at radius 3 is 2.44 bits per heavy atom. The molecule has 1 heterocycles. The average Bonchev–Trinajstić information content (AvgIpc) is 2.83. The number of likely N-dealkylation sites (tertiary alicyclic amines) is 1. The summed E-state index contributed by atoms with van der Waals surface area (Å²) >= 11 is 3.76. The van der Waals surface area contributed by atoms with Gasteiger partial charge >= 0.3 is 0 Å². The third kappa shape index (κ3) is 9.11. The summed E-state index contributed by atoms with van der Waals surface area (Å²) < 4.78 is 12.4. The molecule has 1 aromatic rings. The van der Waals surface area contributed by atoms with Gasteiger partial charge in [-0.25, -0.2) is 0 Å². The molecule has 194 valence electrons. The standard InChI is InChI=1S/C29H49BrN2O2/c1-5-32(19-20-33-4)27-10-8-24(9-11-27)7-6-16-31-17-14-25(15-18-31)21-26-22-28(34-23(2)3)12-13-29(26)30/h12-13,22-25,27H,5-11,14-21H2,1-4H3. The van der Waals surface area contributed by atoms with Crippen molar-refractivity contribution in [1.82, 2.24) is 9.80 Å². The van der Waals surface area contributed by atoms with Crippen LogP contribution >= 0.6 is 15.9 Å². The Hall–Kier alpha value is -0.620. The molecule has 3 rings (SSSR count). The molecule has 1 aliphatic heterocycles. The number of benzene rings is 1. The number of nitrogens with zero attached hydrogens (tertiary/aromatic N) is 2. The quantitative estimate of drug-likeness (QED) is 0.276. The third-order valence-corrected chi connectivity index (χ3v) is 8.79. The molecule has 0 amide bonds. The summed E-state index contributed by atoms with van der Waals surface area (Å²) in [6.45, 7) is 13.4. The van der Waals surface area contributed by atoms with E-state index in [0.29, 0.717) is 0 Å². The number of hydrogen-bond acceptors (Lipinski definition) is 4. The molecule has 5 heteroatoms. The van der Waals surface area contributed by atoms with Gasteiger partial charge in [-0.2, -0.15) is 0 Å². The number of halogens is 1. The van der Waals surface area contributed by atoms with Gasteiger partial charge in [-0.05, 0) is 133 Å². The van der Waals surface area contributed by atoms with E-state index in [1.54, 1.807) is 0 Å². The van der Waals surface area contributed by atoms with E-state index in [4.69, 9.17) is 9.47 Å². The predicted octanol–water partition coefficient (Wildman–Crippen LogP) is 6.80. The average molecular weight is 538 g/mol. The molecule has 1 aromatic carbocycles. The van der Waals surface area contributed by atoms with Gasteiger partial charge in [0, 0.05) is 24.2 Å². The van der Waals surface area contributed by atoms with E-state index in [1.807, 2.05) is 7.11 Å². The van der Waals surface area contributed by atoms with Crippen LogP contribution in [0.4, 0.5) is 0 Å². The van der Waals surface area contributed by atoms with Crippen molar-refractivity contribution < 1.29 is 9.47 Å². The first-order chi connectivity index (χ1) is 16.5. The van der Waals surface area contributed by atoms with Crippen LogP contribution in [0.15, 0.2) is 22.7 Å². The van der Waals surface area contributed by atoms with Crippen molar-refractivity contribution in [3.8, 4) is 5.75 Å². The van der Waals surface area contributed by atoms with Crippen molar-refractivity contribution in [3.63, 3.8) is 0 Å². The van der Waals surface area contributed by atoms with Crippen molar-refractivity contribution in [2.75, 3.05) is 46.4 Å². The van der Waals surface area contributed by atoms with Crippen molar-refractivity contribution in [1.29, 1.82) is 0 Å². The molecule has 1 aliphatic carbocycles. The monoisotopic (exact) mass is 536 g/mol. The lowest BCUT2D eigenvalue weighted by molar-refractivity contribution is 0.0947. The Morgan fingerprint density at radius 1 is 1.06 bits per heavy atom. The first-order valence-corrected chi connectivity index (χ1v) is 14.7. The van der Waals surface area contributed by atoms with Crippen molar-refractivity contribution >= 4 is 15.9 Å². The predicted molar refractivity (Wildman–Crippen MR) is 147 cm³/mol. The highest BCUT2D eigenvalue weighted by atomic mass is 79.9. The second-order valence-electron chi connectivity index (χ2n) is 10.8. The van der Waals surface area contributed by atoms with Crippen LogP contribution in [0, 0.1) is 11.8 Å². The molecule has 0 unspecified atom stereocenters. The van der Waals surface area contributed by atoms with E-state index in [2.05, 4.69) is 64.7 Å². The van der Waals surface area contributed by atoms with Crippen molar-refractivity contribution in [2.24, 2.45) is 11.8 Å². The van der Waals surface area contributed by atoms with Gasteiger partial charge in [0.15, 0.2) is 0 Å². The van der Waals surface area contributed by atoms with Gasteiger partial charge < -0.3 is 14.4 Å². The van der Waals surface area contributed by atoms with E-state index in [9.17, 15) is 0 Å². The van der Waals surface area contributed by atoms with E-state index in [0.717, 1.165) is 49.7 Å². The Labute approximate surface area is 217 Å². The maximum absolute atomic E-state index is 5.91. The molecular formula is C29H49BrN2O2. The van der Waals surface area contributed by atoms with Crippen LogP contribution in [0.3, 0.4) is 0 Å². The second kappa shape index (κ2) is 14.8. The SMILES string of the molecule is CCN(CCOC)C1CCC(CCCN2CCC(Cc3cc(OC(C)C)ccc3Br)CC2)CC1. The van der Waals surface area contributed by atoms with Crippen LogP contribution in [0.1, 0.15) is 77.7 Å². The molecule has 0 atom stereocenters. The highest BCUT2D eigenvalue weighted by Crippen LogP contribution is 2.32. The van der Waals surface area contributed by atoms with Crippen LogP contribution in [-0.4, -0.2) is 68.4 Å². The number of rotatable bonds is 13. The fourth-order valence-electron chi connectivity index (χ4n) is 5.99. The summed E-state index contributed by atoms with van der Waals surface area (Å²) in [5.74, 6) is 2.74. The maximum atomic E-state index is 5.91. The minimum atomic E-state index is 0.222. The molecule has 0 bridgehead atoms. The van der Waals surface area contributed by atoms with Crippen LogP contribution in [0.5, 0.6) is 5.75 Å². The van der Waals surface area contributed by atoms with Gasteiger partial charge in [0.1, 0.15) is 5.75 Å². The van der Waals surface area contributed by atoms with Crippen LogP contribution in [0.25, 0.3) is 0 Å². The number of likely N-dealkylation sites (N-methyl/N-ethyl adjacent to an activating group) is 1. The summed E-state index contributed by atoms with van der Waals surface area (Å²) in [5, 5.41) is 0. The number of methoxy groups -OCH3 is 1. The van der Waals surface area contributed by atoms with E-state index >= 15 is 0 Å². The Morgan fingerprint density at radius 2 is 1.79 bits per heavy atom. The lowest BCUT2D eigenvalue weighted by Crippen LogP contribution is -2.40. The topological polar surface area (TPSA) is 24.9 Å². The summed E-state index contributed by atoms with van der Waals surface area (Å²) in [4.78, 5) is 5.36. The summed E-state index contributed by atoms with van der Waals surface area (Å²) in [5.41, 5.74) is 1.40. The minimum absolute atomic E-state index is 0.222. The first-order valence-electron chi connectivity index (χ1n) is 13.9. The number of ether oxygens (including phenoxy) is 2. The van der Waals surface area contributed by atoms with Gasteiger partial charge in [0.25, 0.3) is 0 Å². The Kier molecular flexibility index (Phi) is 12.2. The molecule has 2 aliphatic rings. The smallest absolute Gasteiger partial charge is 0.120 e. The van der Waals surface area contributed by atoms with Crippen molar-refractivity contribution in [2.45, 2.75) is 90.7 Å². The second-order valence-corrected chi connectivity index (χ2v) is 11.7. The molecule has 1 saturated heterocycles. The molecule has 0 radical (unpaired) electrons. The van der Waals surface area contributed by atoms with E-state index in [1.165, 1.54) is 81.0 Å². The van der Waals surface area contributed by atoms with Crippen LogP contribution < -0.4 is 4.74 Å². The van der Waals surface area contributed by atoms with Gasteiger partial charge in [-0.15, -0.1) is 0 Å². The molecule has 4 nitrogen and oxygen atoms in total. The number of piperidine rings is 1. The largest absolute Gasteiger partial charge is 0.491 e. The Balaban J connectivity index is 1.31.